The number of likely N-dealkylation sites (N-methyl/N-ethyl adjacent to an activating group) is 1. The Hall–Kier alpha value is -2.31. The molecular weight excluding hydrogens is 383 g/mol. The molecule has 0 bridgehead atoms. The number of rotatable bonds is 10. The van der Waals surface area contributed by atoms with E-state index in [1.54, 1.807) is 0 Å². The third kappa shape index (κ3) is 12.7. The monoisotopic (exact) mass is 415 g/mol. The van der Waals surface area contributed by atoms with Crippen LogP contribution in [0, 0.1) is 0 Å². The third-order valence-electron chi connectivity index (χ3n) is 4.17. The van der Waals surface area contributed by atoms with Gasteiger partial charge in [-0.2, -0.15) is 13.2 Å². The first-order valence-corrected chi connectivity index (χ1v) is 9.91. The molecule has 1 amide bonds. The van der Waals surface area contributed by atoms with Gasteiger partial charge in [-0.3, -0.25) is 4.79 Å². The fourth-order valence-corrected chi connectivity index (χ4v) is 2.62. The number of allylic oxidation sites excluding steroid dienone is 1. The zero-order chi connectivity index (χ0) is 22.3. The van der Waals surface area contributed by atoms with Crippen LogP contribution in [0.1, 0.15) is 57.9 Å². The molecule has 0 spiro atoms. The second kappa shape index (κ2) is 14.7. The third-order valence-corrected chi connectivity index (χ3v) is 4.17. The van der Waals surface area contributed by atoms with Crippen LogP contribution in [0.3, 0.4) is 0 Å². The SMILES string of the molecule is CC/C=C(/CCCCC)C(=O)N(C)CCCc1ccccc1.O=C(O)C(F)(F)F. The Morgan fingerprint density at radius 2 is 1.66 bits per heavy atom. The average Bonchev–Trinajstić information content (AvgIpc) is 2.67. The van der Waals surface area contributed by atoms with Gasteiger partial charge in [0.25, 0.3) is 0 Å². The fourth-order valence-electron chi connectivity index (χ4n) is 2.62. The number of carboxylic acid groups (broad SMARTS) is 1. The van der Waals surface area contributed by atoms with Crippen LogP contribution in [-0.2, 0) is 16.0 Å². The molecule has 0 heterocycles. The summed E-state index contributed by atoms with van der Waals surface area (Å²) in [6.45, 7) is 5.12. The number of carboxylic acids is 1. The lowest BCUT2D eigenvalue weighted by Gasteiger charge is -2.19. The van der Waals surface area contributed by atoms with Crippen LogP contribution in [0.15, 0.2) is 42.0 Å². The number of hydrogen-bond acceptors (Lipinski definition) is 2. The zero-order valence-corrected chi connectivity index (χ0v) is 17.5. The first-order valence-electron chi connectivity index (χ1n) is 9.91. The first kappa shape index (κ1) is 26.7. The zero-order valence-electron chi connectivity index (χ0n) is 17.5. The number of alkyl halides is 3. The van der Waals surface area contributed by atoms with Gasteiger partial charge in [0.15, 0.2) is 0 Å². The van der Waals surface area contributed by atoms with Gasteiger partial charge >= 0.3 is 12.1 Å². The summed E-state index contributed by atoms with van der Waals surface area (Å²) in [6.07, 6.45) is 4.43. The molecular formula is C22H32F3NO3. The molecule has 4 nitrogen and oxygen atoms in total. The molecule has 0 radical (unpaired) electrons. The standard InChI is InChI=1S/C20H31NO.C2HF3O2/c1-4-6-8-16-19(12-5-2)20(22)21(3)17-11-15-18-13-9-7-10-14-18;3-2(4,5)1(6)7/h7,9-10,12-14H,4-6,8,11,15-17H2,1-3H3;(H,6,7)/b19-12-;. The van der Waals surface area contributed by atoms with E-state index in [4.69, 9.17) is 9.90 Å². The molecule has 29 heavy (non-hydrogen) atoms. The average molecular weight is 415 g/mol. The van der Waals surface area contributed by atoms with Crippen LogP contribution in [0.5, 0.6) is 0 Å². The summed E-state index contributed by atoms with van der Waals surface area (Å²) in [5, 5.41) is 7.12. The van der Waals surface area contributed by atoms with Crippen molar-refractivity contribution in [2.24, 2.45) is 0 Å². The van der Waals surface area contributed by atoms with Crippen LogP contribution in [0.25, 0.3) is 0 Å². The van der Waals surface area contributed by atoms with Gasteiger partial charge in [-0.15, -0.1) is 0 Å². The number of nitrogens with zero attached hydrogens (tertiary/aromatic N) is 1. The van der Waals surface area contributed by atoms with E-state index in [9.17, 15) is 18.0 Å². The molecule has 0 fully saturated rings. The van der Waals surface area contributed by atoms with Crippen molar-refractivity contribution >= 4 is 11.9 Å². The Morgan fingerprint density at radius 1 is 1.07 bits per heavy atom. The van der Waals surface area contributed by atoms with E-state index >= 15 is 0 Å². The van der Waals surface area contributed by atoms with Crippen LogP contribution in [0.2, 0.25) is 0 Å². The highest BCUT2D eigenvalue weighted by atomic mass is 19.4. The largest absolute Gasteiger partial charge is 0.490 e. The number of hydrogen-bond donors (Lipinski definition) is 1. The van der Waals surface area contributed by atoms with E-state index in [-0.39, 0.29) is 5.91 Å². The Bertz CT molecular complexity index is 628. The number of aryl methyl sites for hydroxylation is 1. The van der Waals surface area contributed by atoms with E-state index < -0.39 is 12.1 Å². The Morgan fingerprint density at radius 3 is 2.14 bits per heavy atom. The van der Waals surface area contributed by atoms with Gasteiger partial charge in [0.05, 0.1) is 0 Å². The summed E-state index contributed by atoms with van der Waals surface area (Å²) in [5.41, 5.74) is 2.34. The number of benzene rings is 1. The van der Waals surface area contributed by atoms with Gasteiger partial charge in [0.1, 0.15) is 0 Å². The minimum Gasteiger partial charge on any atom is -0.475 e. The van der Waals surface area contributed by atoms with Gasteiger partial charge in [-0.25, -0.2) is 4.79 Å². The molecule has 0 saturated heterocycles. The molecule has 1 rings (SSSR count). The number of amides is 1. The van der Waals surface area contributed by atoms with Gasteiger partial charge in [-0.1, -0.05) is 63.1 Å². The van der Waals surface area contributed by atoms with Crippen LogP contribution in [0.4, 0.5) is 13.2 Å². The van der Waals surface area contributed by atoms with Crippen molar-refractivity contribution in [3.63, 3.8) is 0 Å². The molecule has 7 heteroatoms. The number of carbonyl (C=O) groups excluding carboxylic acids is 1. The van der Waals surface area contributed by atoms with Crippen molar-refractivity contribution in [2.75, 3.05) is 13.6 Å². The maximum Gasteiger partial charge on any atom is 0.490 e. The summed E-state index contributed by atoms with van der Waals surface area (Å²) in [5.74, 6) is -2.54. The molecule has 0 aromatic heterocycles. The molecule has 0 saturated carbocycles. The molecule has 0 aliphatic carbocycles. The van der Waals surface area contributed by atoms with Crippen molar-refractivity contribution in [1.29, 1.82) is 0 Å². The van der Waals surface area contributed by atoms with Gasteiger partial charge in [-0.05, 0) is 37.7 Å². The smallest absolute Gasteiger partial charge is 0.475 e. The Labute approximate surface area is 171 Å². The molecule has 1 aromatic carbocycles. The molecule has 0 aliphatic rings. The molecule has 0 unspecified atom stereocenters. The van der Waals surface area contributed by atoms with E-state index in [0.29, 0.717) is 0 Å². The summed E-state index contributed by atoms with van der Waals surface area (Å²) < 4.78 is 31.7. The van der Waals surface area contributed by atoms with Gasteiger partial charge in [0, 0.05) is 19.2 Å². The Kier molecular flexibility index (Phi) is 13.5. The summed E-state index contributed by atoms with van der Waals surface area (Å²) in [4.78, 5) is 23.3. The van der Waals surface area contributed by atoms with Crippen molar-refractivity contribution in [3.8, 4) is 0 Å². The summed E-state index contributed by atoms with van der Waals surface area (Å²) in [7, 11) is 1.93. The van der Waals surface area contributed by atoms with Crippen LogP contribution in [-0.4, -0.2) is 41.7 Å². The lowest BCUT2D eigenvalue weighted by Crippen LogP contribution is -2.29. The number of aliphatic carboxylic acids is 1. The fraction of sp³-hybridized carbons (Fsp3) is 0.545. The van der Waals surface area contributed by atoms with Crippen molar-refractivity contribution < 1.29 is 27.9 Å². The lowest BCUT2D eigenvalue weighted by atomic mass is 10.0. The normalized spacial score (nSPS) is 11.4. The Balaban J connectivity index is 0.000000956. The summed E-state index contributed by atoms with van der Waals surface area (Å²) in [6, 6.07) is 10.5. The molecule has 1 N–H and O–H groups in total. The van der Waals surface area contributed by atoms with E-state index in [1.807, 2.05) is 18.0 Å². The number of carbonyl (C=O) groups is 2. The first-order chi connectivity index (χ1) is 13.6. The predicted octanol–water partition coefficient (Wildman–Crippen LogP) is 5.63. The van der Waals surface area contributed by atoms with Crippen molar-refractivity contribution in [2.45, 2.75) is 65.0 Å². The highest BCUT2D eigenvalue weighted by Crippen LogP contribution is 2.14. The topological polar surface area (TPSA) is 57.6 Å². The molecule has 164 valence electrons. The molecule has 0 atom stereocenters. The van der Waals surface area contributed by atoms with Crippen molar-refractivity contribution in [1.82, 2.24) is 4.90 Å². The summed E-state index contributed by atoms with van der Waals surface area (Å²) >= 11 is 0. The maximum atomic E-state index is 12.5. The van der Waals surface area contributed by atoms with E-state index in [1.165, 1.54) is 18.4 Å². The van der Waals surface area contributed by atoms with Gasteiger partial charge < -0.3 is 10.0 Å². The minimum absolute atomic E-state index is 0.214. The van der Waals surface area contributed by atoms with Crippen LogP contribution >= 0.6 is 0 Å². The van der Waals surface area contributed by atoms with Crippen LogP contribution < -0.4 is 0 Å². The maximum absolute atomic E-state index is 12.5. The second-order valence-electron chi connectivity index (χ2n) is 6.71. The molecule has 0 aliphatic heterocycles. The minimum atomic E-state index is -5.08. The highest BCUT2D eigenvalue weighted by Gasteiger charge is 2.38. The highest BCUT2D eigenvalue weighted by molar-refractivity contribution is 5.93. The molecule has 1 aromatic rings. The quantitative estimate of drug-likeness (QED) is 0.398. The van der Waals surface area contributed by atoms with Crippen molar-refractivity contribution in [3.05, 3.63) is 47.5 Å². The van der Waals surface area contributed by atoms with Gasteiger partial charge in [0.2, 0.25) is 5.91 Å². The number of unbranched alkanes of at least 4 members (excludes halogenated alkanes) is 2. The van der Waals surface area contributed by atoms with E-state index in [2.05, 4.69) is 44.2 Å². The number of halogens is 3. The lowest BCUT2D eigenvalue weighted by molar-refractivity contribution is -0.192. The van der Waals surface area contributed by atoms with E-state index in [0.717, 1.165) is 44.2 Å². The predicted molar refractivity (Wildman–Crippen MR) is 109 cm³/mol. The second-order valence-corrected chi connectivity index (χ2v) is 6.71.